The number of nitrogens with zero attached hydrogens (tertiary/aromatic N) is 1. The first-order valence-corrected chi connectivity index (χ1v) is 4.67. The molecular weight excluding hydrogens is 208 g/mol. The van der Waals surface area contributed by atoms with Crippen molar-refractivity contribution in [3.05, 3.63) is 59.7 Å². The molecule has 0 saturated carbocycles. The molecule has 2 aromatic carbocycles. The van der Waals surface area contributed by atoms with Crippen LogP contribution in [-0.4, -0.2) is 0 Å². The molecule has 16 heavy (non-hydrogen) atoms. The molecule has 1 nitrogen and oxygen atoms in total. The molecule has 0 radical (unpaired) electrons. The summed E-state index contributed by atoms with van der Waals surface area (Å²) in [6.07, 6.45) is 0. The lowest BCUT2D eigenvalue weighted by atomic mass is 10.0. The standard InChI is InChI=1S/C13H7F2N/c14-12-7-2-1-5-10(12)11-6-3-4-9(8-16)13(11)15/h1-7H. The van der Waals surface area contributed by atoms with Gasteiger partial charge in [-0.3, -0.25) is 0 Å². The topological polar surface area (TPSA) is 23.8 Å². The van der Waals surface area contributed by atoms with Gasteiger partial charge in [0.2, 0.25) is 0 Å². The zero-order valence-electron chi connectivity index (χ0n) is 8.24. The van der Waals surface area contributed by atoms with Crippen LogP contribution in [0.1, 0.15) is 5.56 Å². The Kier molecular flexibility index (Phi) is 2.65. The van der Waals surface area contributed by atoms with E-state index in [1.165, 1.54) is 36.4 Å². The predicted octanol–water partition coefficient (Wildman–Crippen LogP) is 3.50. The minimum absolute atomic E-state index is 0.0826. The van der Waals surface area contributed by atoms with Crippen LogP contribution >= 0.6 is 0 Å². The molecule has 0 heterocycles. The van der Waals surface area contributed by atoms with Gasteiger partial charge in [0, 0.05) is 11.1 Å². The highest BCUT2D eigenvalue weighted by Gasteiger charge is 2.12. The Morgan fingerprint density at radius 3 is 2.25 bits per heavy atom. The van der Waals surface area contributed by atoms with Gasteiger partial charge in [0.15, 0.2) is 0 Å². The van der Waals surface area contributed by atoms with Crippen molar-refractivity contribution in [3.63, 3.8) is 0 Å². The molecule has 0 amide bonds. The third-order valence-corrected chi connectivity index (χ3v) is 2.28. The summed E-state index contributed by atoms with van der Waals surface area (Å²) < 4.78 is 27.2. The number of halogens is 2. The van der Waals surface area contributed by atoms with Crippen molar-refractivity contribution in [2.45, 2.75) is 0 Å². The van der Waals surface area contributed by atoms with Gasteiger partial charge in [-0.05, 0) is 12.1 Å². The summed E-state index contributed by atoms with van der Waals surface area (Å²) in [5.74, 6) is -1.19. The monoisotopic (exact) mass is 215 g/mol. The van der Waals surface area contributed by atoms with E-state index in [2.05, 4.69) is 0 Å². The molecule has 0 atom stereocenters. The molecule has 0 saturated heterocycles. The van der Waals surface area contributed by atoms with E-state index in [1.54, 1.807) is 12.1 Å². The molecule has 0 aromatic heterocycles. The maximum Gasteiger partial charge on any atom is 0.148 e. The molecule has 78 valence electrons. The van der Waals surface area contributed by atoms with Crippen molar-refractivity contribution in [3.8, 4) is 17.2 Å². The van der Waals surface area contributed by atoms with Gasteiger partial charge in [0.05, 0.1) is 5.56 Å². The summed E-state index contributed by atoms with van der Waals surface area (Å²) in [6, 6.07) is 12.0. The molecule has 2 aromatic rings. The Hall–Kier alpha value is -2.21. The SMILES string of the molecule is N#Cc1cccc(-c2ccccc2F)c1F. The summed E-state index contributed by atoms with van der Waals surface area (Å²) in [5, 5.41) is 8.68. The normalized spacial score (nSPS) is 9.81. The quantitative estimate of drug-likeness (QED) is 0.714. The van der Waals surface area contributed by atoms with Crippen molar-refractivity contribution in [2.24, 2.45) is 0 Å². The van der Waals surface area contributed by atoms with Gasteiger partial charge < -0.3 is 0 Å². The average Bonchev–Trinajstić information content (AvgIpc) is 2.31. The van der Waals surface area contributed by atoms with Gasteiger partial charge in [0.1, 0.15) is 17.7 Å². The zero-order chi connectivity index (χ0) is 11.5. The zero-order valence-corrected chi connectivity index (χ0v) is 8.24. The molecule has 0 unspecified atom stereocenters. The highest BCUT2D eigenvalue weighted by atomic mass is 19.1. The number of rotatable bonds is 1. The number of benzene rings is 2. The molecule has 0 N–H and O–H groups in total. The van der Waals surface area contributed by atoms with Crippen LogP contribution in [0, 0.1) is 23.0 Å². The molecule has 0 fully saturated rings. The molecule has 0 aliphatic carbocycles. The summed E-state index contributed by atoms with van der Waals surface area (Å²) in [5.41, 5.74) is 0.190. The molecule has 0 bridgehead atoms. The Morgan fingerprint density at radius 1 is 0.875 bits per heavy atom. The van der Waals surface area contributed by atoms with Crippen molar-refractivity contribution >= 4 is 0 Å². The van der Waals surface area contributed by atoms with Crippen molar-refractivity contribution in [1.29, 1.82) is 5.26 Å². The van der Waals surface area contributed by atoms with Crippen molar-refractivity contribution < 1.29 is 8.78 Å². The van der Waals surface area contributed by atoms with Crippen LogP contribution in [0.5, 0.6) is 0 Å². The number of hydrogen-bond acceptors (Lipinski definition) is 1. The van der Waals surface area contributed by atoms with Gasteiger partial charge in [0.25, 0.3) is 0 Å². The molecule has 0 spiro atoms. The lowest BCUT2D eigenvalue weighted by Gasteiger charge is -2.05. The Balaban J connectivity index is 2.67. The highest BCUT2D eigenvalue weighted by molar-refractivity contribution is 5.66. The van der Waals surface area contributed by atoms with Crippen molar-refractivity contribution in [1.82, 2.24) is 0 Å². The van der Waals surface area contributed by atoms with Crippen LogP contribution in [0.4, 0.5) is 8.78 Å². The van der Waals surface area contributed by atoms with Gasteiger partial charge in [-0.1, -0.05) is 30.3 Å². The number of nitriles is 1. The van der Waals surface area contributed by atoms with E-state index in [1.807, 2.05) is 0 Å². The minimum atomic E-state index is -0.685. The maximum absolute atomic E-state index is 13.7. The van der Waals surface area contributed by atoms with Crippen molar-refractivity contribution in [2.75, 3.05) is 0 Å². The van der Waals surface area contributed by atoms with E-state index in [-0.39, 0.29) is 16.7 Å². The van der Waals surface area contributed by atoms with E-state index in [4.69, 9.17) is 5.26 Å². The van der Waals surface area contributed by atoms with Crippen LogP contribution in [0.2, 0.25) is 0 Å². The summed E-state index contributed by atoms with van der Waals surface area (Å²) in [6.45, 7) is 0. The summed E-state index contributed by atoms with van der Waals surface area (Å²) in [4.78, 5) is 0. The lowest BCUT2D eigenvalue weighted by Crippen LogP contribution is -1.91. The molecular formula is C13H7F2N. The first-order valence-electron chi connectivity index (χ1n) is 4.67. The predicted molar refractivity (Wildman–Crippen MR) is 56.5 cm³/mol. The number of hydrogen-bond donors (Lipinski definition) is 0. The van der Waals surface area contributed by atoms with Crippen LogP contribution in [0.3, 0.4) is 0 Å². The second kappa shape index (κ2) is 4.11. The van der Waals surface area contributed by atoms with Gasteiger partial charge >= 0.3 is 0 Å². The Bertz CT molecular complexity index is 570. The average molecular weight is 215 g/mol. The summed E-state index contributed by atoms with van der Waals surface area (Å²) in [7, 11) is 0. The maximum atomic E-state index is 13.7. The van der Waals surface area contributed by atoms with E-state index < -0.39 is 11.6 Å². The van der Waals surface area contributed by atoms with Gasteiger partial charge in [-0.25, -0.2) is 8.78 Å². The third kappa shape index (κ3) is 1.66. The van der Waals surface area contributed by atoms with Crippen LogP contribution in [-0.2, 0) is 0 Å². The van der Waals surface area contributed by atoms with E-state index in [9.17, 15) is 8.78 Å². The first-order chi connectivity index (χ1) is 7.74. The Labute approximate surface area is 91.6 Å². The first kappa shape index (κ1) is 10.3. The van der Waals surface area contributed by atoms with Crippen LogP contribution < -0.4 is 0 Å². The van der Waals surface area contributed by atoms with Gasteiger partial charge in [-0.2, -0.15) is 5.26 Å². The lowest BCUT2D eigenvalue weighted by molar-refractivity contribution is 0.614. The highest BCUT2D eigenvalue weighted by Crippen LogP contribution is 2.26. The molecule has 2 rings (SSSR count). The smallest absolute Gasteiger partial charge is 0.148 e. The summed E-state index contributed by atoms with van der Waals surface area (Å²) >= 11 is 0. The van der Waals surface area contributed by atoms with E-state index in [0.29, 0.717) is 0 Å². The largest absolute Gasteiger partial charge is 0.206 e. The van der Waals surface area contributed by atoms with E-state index in [0.717, 1.165) is 0 Å². The molecule has 0 aliphatic rings. The third-order valence-electron chi connectivity index (χ3n) is 2.28. The van der Waals surface area contributed by atoms with Gasteiger partial charge in [-0.15, -0.1) is 0 Å². The minimum Gasteiger partial charge on any atom is -0.206 e. The second-order valence-corrected chi connectivity index (χ2v) is 3.26. The van der Waals surface area contributed by atoms with Crippen LogP contribution in [0.15, 0.2) is 42.5 Å². The fourth-order valence-corrected chi connectivity index (χ4v) is 1.51. The second-order valence-electron chi connectivity index (χ2n) is 3.26. The Morgan fingerprint density at radius 2 is 1.56 bits per heavy atom. The van der Waals surface area contributed by atoms with Crippen LogP contribution in [0.25, 0.3) is 11.1 Å². The fourth-order valence-electron chi connectivity index (χ4n) is 1.51. The van der Waals surface area contributed by atoms with E-state index >= 15 is 0 Å². The molecule has 3 heteroatoms. The fraction of sp³-hybridized carbons (Fsp3) is 0. The molecule has 0 aliphatic heterocycles.